The number of halogens is 7. The fourth-order valence-corrected chi connectivity index (χ4v) is 1.79. The van der Waals surface area contributed by atoms with Gasteiger partial charge in [0, 0.05) is 0 Å². The molecule has 10 heteroatoms. The van der Waals surface area contributed by atoms with Gasteiger partial charge in [-0.25, -0.2) is 4.98 Å². The van der Waals surface area contributed by atoms with E-state index in [4.69, 9.17) is 0 Å². The number of aromatic nitrogens is 1. The van der Waals surface area contributed by atoms with Crippen molar-refractivity contribution in [1.82, 2.24) is 4.98 Å². The Bertz CT molecular complexity index is 444. The zero-order chi connectivity index (χ0) is 14.1. The molecule has 0 bridgehead atoms. The molecule has 0 N–H and O–H groups in total. The molecule has 0 aliphatic rings. The summed E-state index contributed by atoms with van der Waals surface area (Å²) >= 11 is 1.24. The molecule has 1 rings (SSSR count). The first-order chi connectivity index (χ1) is 8.06. The molecule has 3 nitrogen and oxygen atoms in total. The summed E-state index contributed by atoms with van der Waals surface area (Å²) in [5, 5.41) is 0. The van der Waals surface area contributed by atoms with E-state index in [-0.39, 0.29) is 0 Å². The molecule has 102 valence electrons. The summed E-state index contributed by atoms with van der Waals surface area (Å²) in [7, 11) is 0.809. The largest absolute Gasteiger partial charge is 0.573 e. The predicted octanol–water partition coefficient (Wildman–Crippen LogP) is 3.61. The monoisotopic (exact) mass is 387 g/mol. The highest BCUT2D eigenvalue weighted by Crippen LogP contribution is 2.44. The van der Waals surface area contributed by atoms with Crippen LogP contribution in [0.1, 0.15) is 5.56 Å². The van der Waals surface area contributed by atoms with Crippen LogP contribution in [0.2, 0.25) is 0 Å². The number of nitrogens with zero attached hydrogens (tertiary/aromatic N) is 1. The van der Waals surface area contributed by atoms with Gasteiger partial charge in [0.05, 0.1) is 13.3 Å². The van der Waals surface area contributed by atoms with Gasteiger partial charge in [-0.05, 0) is 22.6 Å². The first kappa shape index (κ1) is 15.1. The third-order valence-electron chi connectivity index (χ3n) is 1.67. The van der Waals surface area contributed by atoms with E-state index in [1.807, 2.05) is 0 Å². The molecule has 0 spiro atoms. The molecule has 0 saturated carbocycles. The third kappa shape index (κ3) is 3.53. The second kappa shape index (κ2) is 4.97. The molecule has 0 aliphatic carbocycles. The molecule has 0 unspecified atom stereocenters. The molecule has 0 amide bonds. The van der Waals surface area contributed by atoms with Crippen LogP contribution in [0.3, 0.4) is 0 Å². The van der Waals surface area contributed by atoms with E-state index >= 15 is 0 Å². The van der Waals surface area contributed by atoms with Crippen LogP contribution in [0.15, 0.2) is 6.20 Å². The summed E-state index contributed by atoms with van der Waals surface area (Å²) in [4.78, 5) is 3.20. The average Bonchev–Trinajstić information content (AvgIpc) is 2.16. The van der Waals surface area contributed by atoms with Crippen molar-refractivity contribution < 1.29 is 35.8 Å². The van der Waals surface area contributed by atoms with Gasteiger partial charge < -0.3 is 9.47 Å². The number of hydrogen-bond acceptors (Lipinski definition) is 3. The lowest BCUT2D eigenvalue weighted by Gasteiger charge is -2.17. The van der Waals surface area contributed by atoms with Gasteiger partial charge in [0.2, 0.25) is 0 Å². The molecule has 1 heterocycles. The van der Waals surface area contributed by atoms with Crippen molar-refractivity contribution in [3.8, 4) is 11.5 Å². The SMILES string of the molecule is COc1c(OC(F)(F)F)cnc(I)c1C(F)(F)F. The standard InChI is InChI=1S/C8H4F6INO2/c1-17-5-3(18-8(12,13)14)2-16-6(15)4(5)7(9,10)11/h2H,1H3. The number of alkyl halides is 6. The maximum atomic E-state index is 12.6. The zero-order valence-electron chi connectivity index (χ0n) is 8.49. The number of hydrogen-bond donors (Lipinski definition) is 0. The summed E-state index contributed by atoms with van der Waals surface area (Å²) in [6.45, 7) is 0. The van der Waals surface area contributed by atoms with Crippen molar-refractivity contribution in [2.75, 3.05) is 7.11 Å². The van der Waals surface area contributed by atoms with E-state index in [9.17, 15) is 26.3 Å². The minimum Gasteiger partial charge on any atom is -0.492 e. The summed E-state index contributed by atoms with van der Waals surface area (Å²) in [5.74, 6) is -2.20. The van der Waals surface area contributed by atoms with Crippen molar-refractivity contribution in [2.45, 2.75) is 12.5 Å². The van der Waals surface area contributed by atoms with Gasteiger partial charge >= 0.3 is 12.5 Å². The highest BCUT2D eigenvalue weighted by atomic mass is 127. The Morgan fingerprint density at radius 2 is 1.72 bits per heavy atom. The lowest BCUT2D eigenvalue weighted by molar-refractivity contribution is -0.275. The maximum absolute atomic E-state index is 12.6. The van der Waals surface area contributed by atoms with Gasteiger partial charge in [-0.3, -0.25) is 0 Å². The minimum absolute atomic E-state index is 0.517. The molecular weight excluding hydrogens is 383 g/mol. The second-order valence-electron chi connectivity index (χ2n) is 2.87. The first-order valence-electron chi connectivity index (χ1n) is 4.11. The Labute approximate surface area is 110 Å². The molecular formula is C8H4F6INO2. The van der Waals surface area contributed by atoms with Crippen molar-refractivity contribution >= 4 is 22.6 Å². The van der Waals surface area contributed by atoms with Crippen molar-refractivity contribution in [1.29, 1.82) is 0 Å². The Kier molecular flexibility index (Phi) is 4.18. The van der Waals surface area contributed by atoms with E-state index in [2.05, 4.69) is 14.5 Å². The summed E-state index contributed by atoms with van der Waals surface area (Å²) in [6.07, 6.45) is -9.52. The number of ether oxygens (including phenoxy) is 2. The van der Waals surface area contributed by atoms with Gasteiger partial charge in [-0.1, -0.05) is 0 Å². The molecule has 1 aromatic rings. The predicted molar refractivity (Wildman–Crippen MR) is 55.2 cm³/mol. The Morgan fingerprint density at radius 1 is 1.17 bits per heavy atom. The summed E-state index contributed by atoms with van der Waals surface area (Å²) in [6, 6.07) is 0. The minimum atomic E-state index is -5.13. The van der Waals surface area contributed by atoms with Crippen molar-refractivity contribution in [2.24, 2.45) is 0 Å². The lowest BCUT2D eigenvalue weighted by atomic mass is 10.2. The fraction of sp³-hybridized carbons (Fsp3) is 0.375. The quantitative estimate of drug-likeness (QED) is 0.442. The maximum Gasteiger partial charge on any atom is 0.573 e. The van der Waals surface area contributed by atoms with Crippen LogP contribution in [0.4, 0.5) is 26.3 Å². The zero-order valence-corrected chi connectivity index (χ0v) is 10.6. The second-order valence-corrected chi connectivity index (χ2v) is 3.89. The molecule has 0 aliphatic heterocycles. The first-order valence-corrected chi connectivity index (χ1v) is 5.19. The third-order valence-corrected chi connectivity index (χ3v) is 2.48. The molecule has 0 aromatic carbocycles. The van der Waals surface area contributed by atoms with Crippen LogP contribution < -0.4 is 9.47 Å². The molecule has 0 saturated heterocycles. The summed E-state index contributed by atoms with van der Waals surface area (Å²) in [5.41, 5.74) is -1.41. The van der Waals surface area contributed by atoms with Gasteiger partial charge in [-0.15, -0.1) is 13.2 Å². The van der Waals surface area contributed by atoms with Crippen LogP contribution in [-0.2, 0) is 6.18 Å². The van der Waals surface area contributed by atoms with E-state index < -0.39 is 33.3 Å². The Hall–Kier alpha value is -0.940. The number of pyridine rings is 1. The van der Waals surface area contributed by atoms with Crippen molar-refractivity contribution in [3.63, 3.8) is 0 Å². The van der Waals surface area contributed by atoms with E-state index in [0.29, 0.717) is 6.20 Å². The summed E-state index contributed by atoms with van der Waals surface area (Å²) < 4.78 is 81.2. The topological polar surface area (TPSA) is 31.4 Å². The molecule has 0 fully saturated rings. The van der Waals surface area contributed by atoms with E-state index in [1.54, 1.807) is 0 Å². The van der Waals surface area contributed by atoms with Crippen LogP contribution >= 0.6 is 22.6 Å². The smallest absolute Gasteiger partial charge is 0.492 e. The normalized spacial score (nSPS) is 12.4. The average molecular weight is 387 g/mol. The highest BCUT2D eigenvalue weighted by molar-refractivity contribution is 14.1. The molecule has 1 aromatic heterocycles. The Morgan fingerprint density at radius 3 is 2.11 bits per heavy atom. The van der Waals surface area contributed by atoms with Crippen LogP contribution in [0, 0.1) is 3.70 Å². The lowest BCUT2D eigenvalue weighted by Crippen LogP contribution is -2.20. The van der Waals surface area contributed by atoms with Gasteiger partial charge in [0.15, 0.2) is 11.5 Å². The van der Waals surface area contributed by atoms with Crippen LogP contribution in [0.25, 0.3) is 0 Å². The number of rotatable bonds is 2. The van der Waals surface area contributed by atoms with Crippen molar-refractivity contribution in [3.05, 3.63) is 15.5 Å². The van der Waals surface area contributed by atoms with Gasteiger partial charge in [-0.2, -0.15) is 13.2 Å². The van der Waals surface area contributed by atoms with E-state index in [0.717, 1.165) is 7.11 Å². The highest BCUT2D eigenvalue weighted by Gasteiger charge is 2.41. The molecule has 18 heavy (non-hydrogen) atoms. The molecule has 0 atom stereocenters. The van der Waals surface area contributed by atoms with E-state index in [1.165, 1.54) is 22.6 Å². The number of methoxy groups -OCH3 is 1. The van der Waals surface area contributed by atoms with Gasteiger partial charge in [0.1, 0.15) is 9.26 Å². The Balaban J connectivity index is 3.39. The van der Waals surface area contributed by atoms with Gasteiger partial charge in [0.25, 0.3) is 0 Å². The molecule has 0 radical (unpaired) electrons. The van der Waals surface area contributed by atoms with Crippen LogP contribution in [0.5, 0.6) is 11.5 Å². The van der Waals surface area contributed by atoms with Crippen LogP contribution in [-0.4, -0.2) is 18.5 Å². The fourth-order valence-electron chi connectivity index (χ4n) is 1.10.